The van der Waals surface area contributed by atoms with Gasteiger partial charge in [0.15, 0.2) is 0 Å². The molecule has 8 heteroatoms. The zero-order chi connectivity index (χ0) is 17.1. The average molecular weight is 387 g/mol. The van der Waals surface area contributed by atoms with Crippen LogP contribution in [0.1, 0.15) is 39.1 Å². The topological polar surface area (TPSA) is 87.3 Å². The Morgan fingerprint density at radius 3 is 2.74 bits per heavy atom. The third-order valence-electron chi connectivity index (χ3n) is 4.06. The van der Waals surface area contributed by atoms with Gasteiger partial charge in [0.25, 0.3) is 0 Å². The van der Waals surface area contributed by atoms with Crippen LogP contribution in [0, 0.1) is 11.8 Å². The minimum absolute atomic E-state index is 0.0403. The lowest BCUT2D eigenvalue weighted by molar-refractivity contribution is -0.135. The highest BCUT2D eigenvalue weighted by molar-refractivity contribution is 9.10. The molecule has 1 aromatic heterocycles. The van der Waals surface area contributed by atoms with Crippen LogP contribution in [0.15, 0.2) is 10.8 Å². The van der Waals surface area contributed by atoms with Gasteiger partial charge >= 0.3 is 6.09 Å². The highest BCUT2D eigenvalue weighted by Crippen LogP contribution is 2.35. The minimum atomic E-state index is -0.617. The van der Waals surface area contributed by atoms with Crippen LogP contribution in [0.25, 0.3) is 0 Å². The molecule has 23 heavy (non-hydrogen) atoms. The number of H-pyrrole nitrogens is 1. The Morgan fingerprint density at radius 1 is 1.52 bits per heavy atom. The molecule has 1 unspecified atom stereocenters. The third kappa shape index (κ3) is 4.04. The van der Waals surface area contributed by atoms with Crippen molar-refractivity contribution in [1.29, 1.82) is 0 Å². The summed E-state index contributed by atoms with van der Waals surface area (Å²) in [4.78, 5) is 33.8. The second-order valence-corrected chi connectivity index (χ2v) is 7.18. The molecule has 0 spiro atoms. The molecule has 1 aromatic rings. The number of hydrogen-bond acceptors (Lipinski definition) is 4. The molecule has 1 saturated heterocycles. The number of aromatic amines is 1. The molecule has 0 saturated carbocycles. The number of carbonyl (C=O) groups is 2. The first-order chi connectivity index (χ1) is 10.8. The van der Waals surface area contributed by atoms with Crippen LogP contribution in [0.5, 0.6) is 0 Å². The number of nitrogens with one attached hydrogen (secondary N) is 2. The van der Waals surface area contributed by atoms with Crippen molar-refractivity contribution in [2.24, 2.45) is 11.8 Å². The van der Waals surface area contributed by atoms with Crippen LogP contribution in [-0.4, -0.2) is 46.6 Å². The molecule has 0 aliphatic carbocycles. The Balaban J connectivity index is 2.21. The van der Waals surface area contributed by atoms with Crippen LogP contribution in [0.3, 0.4) is 0 Å². The number of halogens is 1. The lowest BCUT2D eigenvalue weighted by Crippen LogP contribution is -2.51. The van der Waals surface area contributed by atoms with Gasteiger partial charge in [-0.25, -0.2) is 9.78 Å². The lowest BCUT2D eigenvalue weighted by Gasteiger charge is -2.30. The molecular weight excluding hydrogens is 364 g/mol. The summed E-state index contributed by atoms with van der Waals surface area (Å²) in [5, 5.41) is 2.64. The number of imidazole rings is 1. The summed E-state index contributed by atoms with van der Waals surface area (Å²) in [6.45, 7) is 6.55. The van der Waals surface area contributed by atoms with E-state index in [-0.39, 0.29) is 17.9 Å². The second-order valence-electron chi connectivity index (χ2n) is 6.32. The van der Waals surface area contributed by atoms with Gasteiger partial charge in [-0.05, 0) is 34.2 Å². The fourth-order valence-corrected chi connectivity index (χ4v) is 3.21. The van der Waals surface area contributed by atoms with Crippen molar-refractivity contribution in [3.63, 3.8) is 0 Å². The lowest BCUT2D eigenvalue weighted by atomic mass is 10.0. The summed E-state index contributed by atoms with van der Waals surface area (Å²) >= 11 is 3.35. The third-order valence-corrected chi connectivity index (χ3v) is 4.47. The predicted molar refractivity (Wildman–Crippen MR) is 88.7 cm³/mol. The van der Waals surface area contributed by atoms with Gasteiger partial charge in [0.2, 0.25) is 5.91 Å². The zero-order valence-electron chi connectivity index (χ0n) is 13.8. The molecule has 2 rings (SSSR count). The number of aromatic nitrogens is 2. The van der Waals surface area contributed by atoms with Crippen molar-refractivity contribution in [3.8, 4) is 0 Å². The SMILES string of the molecule is COC(=O)N[C@H](C(=O)N1C[C@@H](C)CC1c1ncc(Br)[nH]1)C(C)C. The smallest absolute Gasteiger partial charge is 0.407 e. The Bertz CT molecular complexity index is 575. The molecule has 0 radical (unpaired) electrons. The molecule has 1 aliphatic heterocycles. The minimum Gasteiger partial charge on any atom is -0.453 e. The fourth-order valence-electron chi connectivity index (χ4n) is 2.91. The summed E-state index contributed by atoms with van der Waals surface area (Å²) in [5.41, 5.74) is 0. The van der Waals surface area contributed by atoms with Crippen molar-refractivity contribution >= 4 is 27.9 Å². The summed E-state index contributed by atoms with van der Waals surface area (Å²) in [7, 11) is 1.29. The van der Waals surface area contributed by atoms with Crippen LogP contribution >= 0.6 is 15.9 Å². The van der Waals surface area contributed by atoms with E-state index in [9.17, 15) is 9.59 Å². The molecule has 3 atom stereocenters. The van der Waals surface area contributed by atoms with E-state index in [1.807, 2.05) is 13.8 Å². The molecule has 2 heterocycles. The van der Waals surface area contributed by atoms with Crippen LogP contribution in [0.4, 0.5) is 4.79 Å². The summed E-state index contributed by atoms with van der Waals surface area (Å²) in [6.07, 6.45) is 1.93. The second kappa shape index (κ2) is 7.33. The monoisotopic (exact) mass is 386 g/mol. The first kappa shape index (κ1) is 17.8. The van der Waals surface area contributed by atoms with Gasteiger partial charge < -0.3 is 19.9 Å². The highest BCUT2D eigenvalue weighted by Gasteiger charge is 2.39. The van der Waals surface area contributed by atoms with E-state index in [0.717, 1.165) is 16.8 Å². The van der Waals surface area contributed by atoms with E-state index in [0.29, 0.717) is 12.5 Å². The normalized spacial score (nSPS) is 22.3. The zero-order valence-corrected chi connectivity index (χ0v) is 15.4. The fraction of sp³-hybridized carbons (Fsp3) is 0.667. The highest BCUT2D eigenvalue weighted by atomic mass is 79.9. The van der Waals surface area contributed by atoms with Gasteiger partial charge in [-0.1, -0.05) is 20.8 Å². The number of alkyl carbamates (subject to hydrolysis) is 1. The van der Waals surface area contributed by atoms with E-state index in [1.54, 1.807) is 11.1 Å². The quantitative estimate of drug-likeness (QED) is 0.831. The van der Waals surface area contributed by atoms with Crippen LogP contribution in [0.2, 0.25) is 0 Å². The number of carbonyl (C=O) groups excluding carboxylic acids is 2. The molecule has 128 valence electrons. The van der Waals surface area contributed by atoms with Gasteiger partial charge in [-0.3, -0.25) is 4.79 Å². The van der Waals surface area contributed by atoms with E-state index in [4.69, 9.17) is 0 Å². The van der Waals surface area contributed by atoms with Crippen molar-refractivity contribution in [2.75, 3.05) is 13.7 Å². The number of nitrogens with zero attached hydrogens (tertiary/aromatic N) is 2. The largest absolute Gasteiger partial charge is 0.453 e. The molecule has 1 fully saturated rings. The van der Waals surface area contributed by atoms with E-state index < -0.39 is 12.1 Å². The maximum atomic E-state index is 13.0. The van der Waals surface area contributed by atoms with Crippen molar-refractivity contribution in [1.82, 2.24) is 20.2 Å². The van der Waals surface area contributed by atoms with Gasteiger partial charge in [0.05, 0.1) is 19.3 Å². The summed E-state index contributed by atoms with van der Waals surface area (Å²) in [5.74, 6) is 0.989. The van der Waals surface area contributed by atoms with E-state index in [2.05, 4.69) is 42.9 Å². The number of amides is 2. The van der Waals surface area contributed by atoms with Gasteiger partial charge in [-0.15, -0.1) is 0 Å². The number of likely N-dealkylation sites (tertiary alicyclic amines) is 1. The molecule has 1 aliphatic rings. The average Bonchev–Trinajstić information content (AvgIpc) is 3.09. The van der Waals surface area contributed by atoms with Crippen LogP contribution < -0.4 is 5.32 Å². The Hall–Kier alpha value is -1.57. The van der Waals surface area contributed by atoms with Crippen molar-refractivity contribution < 1.29 is 14.3 Å². The van der Waals surface area contributed by atoms with Crippen molar-refractivity contribution in [2.45, 2.75) is 39.3 Å². The van der Waals surface area contributed by atoms with Gasteiger partial charge in [-0.2, -0.15) is 0 Å². The molecule has 0 bridgehead atoms. The number of methoxy groups -OCH3 is 1. The first-order valence-corrected chi connectivity index (χ1v) is 8.48. The molecular formula is C15H23BrN4O3. The number of rotatable bonds is 4. The molecule has 7 nitrogen and oxygen atoms in total. The molecule has 0 aromatic carbocycles. The number of ether oxygens (including phenoxy) is 1. The Kier molecular flexibility index (Phi) is 5.67. The molecule has 2 N–H and O–H groups in total. The maximum absolute atomic E-state index is 13.0. The Morgan fingerprint density at radius 2 is 2.22 bits per heavy atom. The van der Waals surface area contributed by atoms with E-state index in [1.165, 1.54) is 7.11 Å². The van der Waals surface area contributed by atoms with Gasteiger partial charge in [0, 0.05) is 6.54 Å². The van der Waals surface area contributed by atoms with E-state index >= 15 is 0 Å². The maximum Gasteiger partial charge on any atom is 0.407 e. The predicted octanol–water partition coefficient (Wildman–Crippen LogP) is 2.46. The molecule has 2 amide bonds. The Labute approximate surface area is 144 Å². The summed E-state index contributed by atoms with van der Waals surface area (Å²) < 4.78 is 5.42. The standard InChI is InChI=1S/C15H23BrN4O3/c1-8(2)12(19-15(22)23-4)14(21)20-7-9(3)5-10(20)13-17-6-11(16)18-13/h6,8-10,12H,5,7H2,1-4H3,(H,17,18)(H,19,22)/t9-,10?,12-/m0/s1. The van der Waals surface area contributed by atoms with Crippen LogP contribution in [-0.2, 0) is 9.53 Å². The van der Waals surface area contributed by atoms with Gasteiger partial charge in [0.1, 0.15) is 16.5 Å². The first-order valence-electron chi connectivity index (χ1n) is 7.68. The number of hydrogen-bond donors (Lipinski definition) is 2. The summed E-state index contributed by atoms with van der Waals surface area (Å²) in [6, 6.07) is -0.724. The van der Waals surface area contributed by atoms with Crippen molar-refractivity contribution in [3.05, 3.63) is 16.6 Å².